The molecule has 0 rings (SSSR count). The van der Waals surface area contributed by atoms with Gasteiger partial charge >= 0.3 is 0 Å². The summed E-state index contributed by atoms with van der Waals surface area (Å²) in [6, 6.07) is 0. The number of hydrogen-bond donors (Lipinski definition) is 2. The zero-order valence-corrected chi connectivity index (χ0v) is 15.8. The molecule has 0 aromatic rings. The van der Waals surface area contributed by atoms with Gasteiger partial charge < -0.3 is 10.2 Å². The van der Waals surface area contributed by atoms with Gasteiger partial charge in [0.2, 0.25) is 0 Å². The van der Waals surface area contributed by atoms with Crippen molar-refractivity contribution in [2.24, 2.45) is 0 Å². The van der Waals surface area contributed by atoms with Gasteiger partial charge in [-0.2, -0.15) is 0 Å². The minimum absolute atomic E-state index is 0.0325. The van der Waals surface area contributed by atoms with Crippen LogP contribution in [0, 0.1) is 0 Å². The van der Waals surface area contributed by atoms with Crippen LogP contribution in [0.5, 0.6) is 0 Å². The Morgan fingerprint density at radius 2 is 0.783 bits per heavy atom. The van der Waals surface area contributed by atoms with Gasteiger partial charge in [-0.3, -0.25) is 4.90 Å². The average molecular weight is 330 g/mol. The van der Waals surface area contributed by atoms with E-state index in [0.29, 0.717) is 0 Å². The minimum Gasteiger partial charge on any atom is -0.381 e. The molecular formula is C20H43NO2. The van der Waals surface area contributed by atoms with Crippen molar-refractivity contribution in [1.29, 1.82) is 0 Å². The number of hydrogen-bond acceptors (Lipinski definition) is 3. The first-order chi connectivity index (χ1) is 11.3. The Hall–Kier alpha value is -0.120. The third-order valence-corrected chi connectivity index (χ3v) is 4.73. The van der Waals surface area contributed by atoms with E-state index in [1.807, 2.05) is 0 Å². The van der Waals surface area contributed by atoms with E-state index < -0.39 is 0 Å². The van der Waals surface area contributed by atoms with Crippen LogP contribution in [-0.4, -0.2) is 35.1 Å². The quantitative estimate of drug-likeness (QED) is 0.245. The van der Waals surface area contributed by atoms with Crippen molar-refractivity contribution in [3.05, 3.63) is 0 Å². The fraction of sp³-hybridized carbons (Fsp3) is 1.00. The molecule has 0 unspecified atom stereocenters. The largest absolute Gasteiger partial charge is 0.381 e. The van der Waals surface area contributed by atoms with Gasteiger partial charge in [0.1, 0.15) is 0 Å². The standard InChI is InChI=1S/C20H43NO2/c1-2-3-4-5-6-7-8-9-10-11-12-13-14-15-16-17-18-21(19-22)20-23/h22-23H,2-20H2,1H3. The summed E-state index contributed by atoms with van der Waals surface area (Å²) in [5.74, 6) is 0. The molecule has 0 aromatic heterocycles. The maximum Gasteiger partial charge on any atom is 0.0974 e. The van der Waals surface area contributed by atoms with Crippen LogP contribution in [0.2, 0.25) is 0 Å². The van der Waals surface area contributed by atoms with Crippen LogP contribution >= 0.6 is 0 Å². The molecule has 0 aromatic carbocycles. The highest BCUT2D eigenvalue weighted by atomic mass is 16.3. The molecule has 0 fully saturated rings. The summed E-state index contributed by atoms with van der Waals surface area (Å²) >= 11 is 0. The molecule has 0 radical (unpaired) electrons. The molecule has 0 atom stereocenters. The van der Waals surface area contributed by atoms with Gasteiger partial charge in [-0.1, -0.05) is 103 Å². The van der Waals surface area contributed by atoms with E-state index in [0.717, 1.165) is 13.0 Å². The molecule has 3 heteroatoms. The second kappa shape index (κ2) is 19.9. The first kappa shape index (κ1) is 22.9. The molecule has 3 nitrogen and oxygen atoms in total. The third-order valence-electron chi connectivity index (χ3n) is 4.73. The van der Waals surface area contributed by atoms with E-state index in [1.165, 1.54) is 96.3 Å². The second-order valence-corrected chi connectivity index (χ2v) is 6.98. The Balaban J connectivity index is 3.02. The van der Waals surface area contributed by atoms with Crippen molar-refractivity contribution in [2.45, 2.75) is 110 Å². The van der Waals surface area contributed by atoms with Crippen LogP contribution in [0.1, 0.15) is 110 Å². The predicted molar refractivity (Wildman–Crippen MR) is 100 cm³/mol. The van der Waals surface area contributed by atoms with Gasteiger partial charge in [-0.15, -0.1) is 0 Å². The van der Waals surface area contributed by atoms with Crippen LogP contribution in [0.4, 0.5) is 0 Å². The number of aliphatic hydroxyl groups is 2. The van der Waals surface area contributed by atoms with E-state index in [9.17, 15) is 0 Å². The monoisotopic (exact) mass is 329 g/mol. The van der Waals surface area contributed by atoms with Crippen LogP contribution in [0.25, 0.3) is 0 Å². The molecule has 23 heavy (non-hydrogen) atoms. The Morgan fingerprint density at radius 3 is 1.09 bits per heavy atom. The Kier molecular flexibility index (Phi) is 19.8. The molecule has 0 saturated carbocycles. The van der Waals surface area contributed by atoms with E-state index in [1.54, 1.807) is 4.90 Å². The second-order valence-electron chi connectivity index (χ2n) is 6.98. The molecule has 0 spiro atoms. The maximum absolute atomic E-state index is 8.92. The predicted octanol–water partition coefficient (Wildman–Crippen LogP) is 5.45. The smallest absolute Gasteiger partial charge is 0.0974 e. The van der Waals surface area contributed by atoms with Crippen molar-refractivity contribution < 1.29 is 10.2 Å². The zero-order chi connectivity index (χ0) is 17.0. The lowest BCUT2D eigenvalue weighted by Crippen LogP contribution is -2.26. The van der Waals surface area contributed by atoms with Crippen molar-refractivity contribution in [3.8, 4) is 0 Å². The summed E-state index contributed by atoms with van der Waals surface area (Å²) < 4.78 is 0. The van der Waals surface area contributed by atoms with Gasteiger partial charge in [0.05, 0.1) is 13.5 Å². The van der Waals surface area contributed by atoms with Gasteiger partial charge in [0.15, 0.2) is 0 Å². The van der Waals surface area contributed by atoms with Crippen molar-refractivity contribution in [2.75, 3.05) is 20.0 Å². The van der Waals surface area contributed by atoms with Crippen LogP contribution in [0.15, 0.2) is 0 Å². The normalized spacial score (nSPS) is 11.5. The fourth-order valence-corrected chi connectivity index (χ4v) is 3.07. The molecule has 0 heterocycles. The third kappa shape index (κ3) is 18.1. The lowest BCUT2D eigenvalue weighted by atomic mass is 10.0. The summed E-state index contributed by atoms with van der Waals surface area (Å²) in [6.45, 7) is 3.03. The first-order valence-corrected chi connectivity index (χ1v) is 10.3. The number of rotatable bonds is 19. The van der Waals surface area contributed by atoms with Crippen LogP contribution < -0.4 is 0 Å². The van der Waals surface area contributed by atoms with Gasteiger partial charge in [-0.25, -0.2) is 0 Å². The van der Waals surface area contributed by atoms with E-state index >= 15 is 0 Å². The van der Waals surface area contributed by atoms with E-state index in [2.05, 4.69) is 6.92 Å². The molecule has 0 bridgehead atoms. The van der Waals surface area contributed by atoms with Gasteiger partial charge in [0, 0.05) is 6.54 Å². The highest BCUT2D eigenvalue weighted by Crippen LogP contribution is 2.13. The maximum atomic E-state index is 8.92. The molecule has 2 N–H and O–H groups in total. The Labute approximate surface area is 145 Å². The highest BCUT2D eigenvalue weighted by Gasteiger charge is 1.99. The SMILES string of the molecule is CCCCCCCCCCCCCCCCCCN(CO)CO. The molecule has 0 saturated heterocycles. The number of nitrogens with zero attached hydrogens (tertiary/aromatic N) is 1. The van der Waals surface area contributed by atoms with Gasteiger partial charge in [-0.05, 0) is 6.42 Å². The van der Waals surface area contributed by atoms with Crippen LogP contribution in [-0.2, 0) is 0 Å². The molecule has 0 aliphatic rings. The zero-order valence-electron chi connectivity index (χ0n) is 15.8. The molecule has 0 aliphatic heterocycles. The first-order valence-electron chi connectivity index (χ1n) is 10.3. The number of aliphatic hydroxyl groups excluding tert-OH is 2. The summed E-state index contributed by atoms with van der Waals surface area (Å²) in [6.07, 6.45) is 22.0. The summed E-state index contributed by atoms with van der Waals surface area (Å²) in [7, 11) is 0. The van der Waals surface area contributed by atoms with E-state index in [-0.39, 0.29) is 13.5 Å². The Bertz CT molecular complexity index is 208. The average Bonchev–Trinajstić information content (AvgIpc) is 2.58. The lowest BCUT2D eigenvalue weighted by molar-refractivity contribution is 0.0284. The minimum atomic E-state index is -0.0325. The summed E-state index contributed by atoms with van der Waals surface area (Å²) in [4.78, 5) is 1.66. The highest BCUT2D eigenvalue weighted by molar-refractivity contribution is 4.51. The molecule has 0 aliphatic carbocycles. The number of unbranched alkanes of at least 4 members (excludes halogenated alkanes) is 15. The molecular weight excluding hydrogens is 286 g/mol. The van der Waals surface area contributed by atoms with Crippen LogP contribution in [0.3, 0.4) is 0 Å². The lowest BCUT2D eigenvalue weighted by Gasteiger charge is -2.15. The van der Waals surface area contributed by atoms with Crippen molar-refractivity contribution >= 4 is 0 Å². The fourth-order valence-electron chi connectivity index (χ4n) is 3.07. The molecule has 0 amide bonds. The molecule has 140 valence electrons. The van der Waals surface area contributed by atoms with Gasteiger partial charge in [0.25, 0.3) is 0 Å². The van der Waals surface area contributed by atoms with Crippen molar-refractivity contribution in [1.82, 2.24) is 4.90 Å². The van der Waals surface area contributed by atoms with Crippen molar-refractivity contribution in [3.63, 3.8) is 0 Å². The van der Waals surface area contributed by atoms with E-state index in [4.69, 9.17) is 10.2 Å². The Morgan fingerprint density at radius 1 is 0.478 bits per heavy atom. The summed E-state index contributed by atoms with van der Waals surface area (Å²) in [5, 5.41) is 17.8. The topological polar surface area (TPSA) is 43.7 Å². The summed E-state index contributed by atoms with van der Waals surface area (Å²) in [5.41, 5.74) is 0.